The van der Waals surface area contributed by atoms with Gasteiger partial charge in [-0.15, -0.1) is 0 Å². The van der Waals surface area contributed by atoms with E-state index in [-0.39, 0.29) is 0 Å². The number of benzene rings is 2. The summed E-state index contributed by atoms with van der Waals surface area (Å²) in [5.41, 5.74) is 3.70. The molecule has 0 aliphatic heterocycles. The molecular weight excluding hydrogens is 213 g/mol. The van der Waals surface area contributed by atoms with Crippen LogP contribution in [0.2, 0.25) is 0 Å². The molecule has 0 aliphatic carbocycles. The average molecular weight is 225 g/mol. The van der Waals surface area contributed by atoms with Crippen LogP contribution in [0.3, 0.4) is 0 Å². The van der Waals surface area contributed by atoms with Crippen molar-refractivity contribution < 1.29 is 0 Å². The molecule has 1 heterocycles. The van der Waals surface area contributed by atoms with Crippen molar-refractivity contribution in [3.63, 3.8) is 0 Å². The van der Waals surface area contributed by atoms with Gasteiger partial charge in [0.15, 0.2) is 0 Å². The number of nitrogens with zero attached hydrogens (tertiary/aromatic N) is 1. The van der Waals surface area contributed by atoms with Gasteiger partial charge >= 0.3 is 0 Å². The van der Waals surface area contributed by atoms with Gasteiger partial charge < -0.3 is 0 Å². The van der Waals surface area contributed by atoms with Crippen molar-refractivity contribution in [2.24, 2.45) is 0 Å². The summed E-state index contributed by atoms with van der Waals surface area (Å²) in [7, 11) is 1.07. The molecule has 16 heavy (non-hydrogen) atoms. The molecule has 2 aromatic carbocycles. The van der Waals surface area contributed by atoms with Gasteiger partial charge in [0.05, 0.1) is 5.52 Å². The third kappa shape index (κ3) is 1.48. The van der Waals surface area contributed by atoms with Crippen molar-refractivity contribution in [3.8, 4) is 0 Å². The Bertz CT molecular complexity index is 628. The molecule has 0 radical (unpaired) electrons. The lowest BCUT2D eigenvalue weighted by atomic mass is 10.1. The van der Waals surface area contributed by atoms with Gasteiger partial charge in [0.1, 0.15) is 0 Å². The monoisotopic (exact) mass is 225 g/mol. The maximum Gasteiger partial charge on any atom is 0.0760 e. The zero-order valence-corrected chi connectivity index (χ0v) is 10.3. The Balaban J connectivity index is 2.50. The molecule has 0 saturated heterocycles. The van der Waals surface area contributed by atoms with Gasteiger partial charge in [-0.3, -0.25) is 0 Å². The van der Waals surface area contributed by atoms with Crippen molar-refractivity contribution in [3.05, 3.63) is 47.5 Å². The van der Waals surface area contributed by atoms with Crippen LogP contribution in [0, 0.1) is 13.8 Å². The van der Waals surface area contributed by atoms with E-state index in [9.17, 15) is 0 Å². The normalized spacial score (nSPS) is 11.6. The topological polar surface area (TPSA) is 12.9 Å². The highest BCUT2D eigenvalue weighted by atomic mass is 31.0. The zero-order valence-electron chi connectivity index (χ0n) is 9.36. The predicted octanol–water partition coefficient (Wildman–Crippen LogP) is 4.58. The fourth-order valence-corrected chi connectivity index (χ4v) is 2.96. The quantitative estimate of drug-likeness (QED) is 0.510. The molecule has 0 amide bonds. The first-order chi connectivity index (χ1) is 7.74. The summed E-state index contributed by atoms with van der Waals surface area (Å²) in [6.07, 6.45) is 0. The van der Waals surface area contributed by atoms with Crippen molar-refractivity contribution in [2.45, 2.75) is 13.8 Å². The summed E-state index contributed by atoms with van der Waals surface area (Å²) in [5.74, 6) is 0. The van der Waals surface area contributed by atoms with Crippen LogP contribution in [0.5, 0.6) is 0 Å². The van der Waals surface area contributed by atoms with Crippen molar-refractivity contribution in [1.29, 1.82) is 0 Å². The standard InChI is InChI=1S/C14H12NP/c1-9-3-5-11-12-6-4-10(2)8-14(12)16-15-13(11)7-9/h3-8H,1-2H3. The number of hydrogen-bond donors (Lipinski definition) is 0. The van der Waals surface area contributed by atoms with E-state index in [4.69, 9.17) is 0 Å². The van der Waals surface area contributed by atoms with Gasteiger partial charge in [-0.2, -0.15) is 0 Å². The minimum absolute atomic E-state index is 1.07. The SMILES string of the molecule is Cc1ccc2c(c1)npc1cc(C)ccc12. The highest BCUT2D eigenvalue weighted by Gasteiger charge is 2.02. The van der Waals surface area contributed by atoms with Crippen LogP contribution in [0.25, 0.3) is 21.4 Å². The Morgan fingerprint density at radius 2 is 1.56 bits per heavy atom. The molecule has 0 unspecified atom stereocenters. The molecule has 0 fully saturated rings. The molecule has 2 heteroatoms. The fourth-order valence-electron chi connectivity index (χ4n) is 2.01. The van der Waals surface area contributed by atoms with Crippen LogP contribution in [0.1, 0.15) is 11.1 Å². The van der Waals surface area contributed by atoms with Crippen molar-refractivity contribution >= 4 is 29.8 Å². The lowest BCUT2D eigenvalue weighted by Crippen LogP contribution is -1.80. The second-order valence-electron chi connectivity index (χ2n) is 4.24. The number of fused-ring (bicyclic) bond motifs is 3. The van der Waals surface area contributed by atoms with Crippen LogP contribution in [0.4, 0.5) is 0 Å². The lowest BCUT2D eigenvalue weighted by Gasteiger charge is -2.04. The molecule has 0 spiro atoms. The Kier molecular flexibility index (Phi) is 2.15. The van der Waals surface area contributed by atoms with Gasteiger partial charge in [0.25, 0.3) is 0 Å². The summed E-state index contributed by atoms with van der Waals surface area (Å²) in [6, 6.07) is 13.1. The van der Waals surface area contributed by atoms with E-state index in [1.54, 1.807) is 0 Å². The highest BCUT2D eigenvalue weighted by Crippen LogP contribution is 2.29. The van der Waals surface area contributed by atoms with E-state index in [1.165, 1.54) is 27.0 Å². The Morgan fingerprint density at radius 1 is 0.875 bits per heavy atom. The number of aromatic nitrogens is 1. The molecule has 3 rings (SSSR count). The van der Waals surface area contributed by atoms with E-state index >= 15 is 0 Å². The summed E-state index contributed by atoms with van der Waals surface area (Å²) in [6.45, 7) is 4.23. The molecule has 3 aromatic rings. The lowest BCUT2D eigenvalue weighted by molar-refractivity contribution is 1.48. The number of aryl methyl sites for hydroxylation is 2. The Labute approximate surface area is 96.3 Å². The maximum atomic E-state index is 4.61. The number of hydrogen-bond acceptors (Lipinski definition) is 1. The van der Waals surface area contributed by atoms with Gasteiger partial charge in [-0.05, 0) is 36.9 Å². The molecule has 0 bridgehead atoms. The maximum absolute atomic E-state index is 4.61. The van der Waals surface area contributed by atoms with E-state index in [0.717, 1.165) is 13.9 Å². The number of rotatable bonds is 0. The van der Waals surface area contributed by atoms with Crippen LogP contribution >= 0.6 is 8.35 Å². The van der Waals surface area contributed by atoms with Gasteiger partial charge in [-0.25, -0.2) is 4.75 Å². The molecule has 0 saturated carbocycles. The molecule has 0 aliphatic rings. The third-order valence-electron chi connectivity index (χ3n) is 2.86. The Hall–Kier alpha value is -1.46. The van der Waals surface area contributed by atoms with Crippen molar-refractivity contribution in [1.82, 2.24) is 4.75 Å². The van der Waals surface area contributed by atoms with Crippen molar-refractivity contribution in [2.75, 3.05) is 0 Å². The Morgan fingerprint density at radius 3 is 2.38 bits per heavy atom. The third-order valence-corrected chi connectivity index (χ3v) is 3.76. The first-order valence-corrected chi connectivity index (χ1v) is 6.22. The molecule has 78 valence electrons. The molecule has 0 N–H and O–H groups in total. The summed E-state index contributed by atoms with van der Waals surface area (Å²) >= 11 is 0. The van der Waals surface area contributed by atoms with E-state index in [0.29, 0.717) is 0 Å². The van der Waals surface area contributed by atoms with Crippen LogP contribution in [-0.4, -0.2) is 4.75 Å². The summed E-state index contributed by atoms with van der Waals surface area (Å²) in [5, 5.41) is 3.91. The van der Waals surface area contributed by atoms with E-state index < -0.39 is 0 Å². The minimum Gasteiger partial charge on any atom is -0.227 e. The highest BCUT2D eigenvalue weighted by molar-refractivity contribution is 7.32. The van der Waals surface area contributed by atoms with E-state index in [2.05, 4.69) is 55.0 Å². The van der Waals surface area contributed by atoms with Gasteiger partial charge in [0, 0.05) is 18.9 Å². The predicted molar refractivity (Wildman–Crippen MR) is 71.2 cm³/mol. The van der Waals surface area contributed by atoms with Crippen LogP contribution < -0.4 is 0 Å². The summed E-state index contributed by atoms with van der Waals surface area (Å²) < 4.78 is 4.61. The van der Waals surface area contributed by atoms with Gasteiger partial charge in [0.2, 0.25) is 0 Å². The average Bonchev–Trinajstić information content (AvgIpc) is 2.28. The minimum atomic E-state index is 1.07. The second kappa shape index (κ2) is 3.54. The fraction of sp³-hybridized carbons (Fsp3) is 0.143. The van der Waals surface area contributed by atoms with Gasteiger partial charge in [-0.1, -0.05) is 29.8 Å². The van der Waals surface area contributed by atoms with Crippen LogP contribution in [-0.2, 0) is 0 Å². The van der Waals surface area contributed by atoms with E-state index in [1.807, 2.05) is 0 Å². The first-order valence-electron chi connectivity index (χ1n) is 5.37. The largest absolute Gasteiger partial charge is 0.227 e. The summed E-state index contributed by atoms with van der Waals surface area (Å²) in [4.78, 5) is 0. The zero-order chi connectivity index (χ0) is 11.1. The molecule has 1 nitrogen and oxygen atoms in total. The van der Waals surface area contributed by atoms with Crippen LogP contribution in [0.15, 0.2) is 36.4 Å². The molecule has 1 aromatic heterocycles. The first kappa shape index (κ1) is 9.74. The molecule has 0 atom stereocenters. The molecular formula is C14H12NP. The second-order valence-corrected chi connectivity index (χ2v) is 5.12. The smallest absolute Gasteiger partial charge is 0.0760 e.